The smallest absolute Gasteiger partial charge is 0.157 e. The molecule has 2 atom stereocenters. The Morgan fingerprint density at radius 3 is 2.42 bits per heavy atom. The maximum Gasteiger partial charge on any atom is 0.157 e. The average molecular weight is 361 g/mol. The van der Waals surface area contributed by atoms with Crippen LogP contribution in [0.1, 0.15) is 29.9 Å². The van der Waals surface area contributed by atoms with Gasteiger partial charge in [-0.15, -0.1) is 0 Å². The third-order valence-electron chi connectivity index (χ3n) is 4.96. The second kappa shape index (κ2) is 7.56. The number of hydrogen-bond donors (Lipinski definition) is 0. The number of ketones is 1. The summed E-state index contributed by atoms with van der Waals surface area (Å²) in [5, 5.41) is 20.4. The first-order chi connectivity index (χ1) is 12.6. The summed E-state index contributed by atoms with van der Waals surface area (Å²) in [5.41, 5.74) is 0.422. The van der Waals surface area contributed by atoms with Gasteiger partial charge in [0.05, 0.1) is 12.1 Å². The van der Waals surface area contributed by atoms with Crippen LogP contribution >= 0.6 is 11.6 Å². The third-order valence-corrected chi connectivity index (χ3v) is 5.19. The fraction of sp³-hybridized carbons (Fsp3) is 0.227. The summed E-state index contributed by atoms with van der Waals surface area (Å²) < 4.78 is 0. The van der Waals surface area contributed by atoms with Crippen molar-refractivity contribution in [1.82, 2.24) is 0 Å². The molecule has 3 rings (SSSR count). The summed E-state index contributed by atoms with van der Waals surface area (Å²) in [6.07, 6.45) is 4.08. The normalized spacial score (nSPS) is 21.9. The van der Waals surface area contributed by atoms with Crippen LogP contribution in [-0.2, 0) is 4.79 Å². The van der Waals surface area contributed by atoms with Crippen molar-refractivity contribution in [3.05, 3.63) is 76.8 Å². The van der Waals surface area contributed by atoms with Crippen molar-refractivity contribution in [2.24, 2.45) is 11.3 Å². The lowest BCUT2D eigenvalue weighted by atomic mass is 9.59. The van der Waals surface area contributed by atoms with Crippen LogP contribution in [0.5, 0.6) is 0 Å². The van der Waals surface area contributed by atoms with E-state index in [0.717, 1.165) is 11.1 Å². The minimum Gasteiger partial charge on any atom is -0.300 e. The maximum atomic E-state index is 12.4. The number of nitrogens with zero attached hydrogens (tertiary/aromatic N) is 2. The van der Waals surface area contributed by atoms with Gasteiger partial charge in [-0.3, -0.25) is 4.79 Å². The lowest BCUT2D eigenvalue weighted by molar-refractivity contribution is -0.123. The van der Waals surface area contributed by atoms with E-state index >= 15 is 0 Å². The molecule has 2 aromatic rings. The number of allylic oxidation sites excluding steroid dienone is 1. The highest BCUT2D eigenvalue weighted by Gasteiger charge is 2.51. The van der Waals surface area contributed by atoms with E-state index in [-0.39, 0.29) is 18.6 Å². The Morgan fingerprint density at radius 2 is 1.77 bits per heavy atom. The lowest BCUT2D eigenvalue weighted by Gasteiger charge is -2.38. The Labute approximate surface area is 158 Å². The first-order valence-corrected chi connectivity index (χ1v) is 8.80. The summed E-state index contributed by atoms with van der Waals surface area (Å²) in [6, 6.07) is 21.2. The Morgan fingerprint density at radius 1 is 1.04 bits per heavy atom. The zero-order chi connectivity index (χ0) is 18.6. The molecule has 128 valence electrons. The van der Waals surface area contributed by atoms with E-state index < -0.39 is 17.3 Å². The van der Waals surface area contributed by atoms with E-state index in [4.69, 9.17) is 11.6 Å². The zero-order valence-electron chi connectivity index (χ0n) is 14.1. The monoisotopic (exact) mass is 360 g/mol. The van der Waals surface area contributed by atoms with Crippen molar-refractivity contribution in [3.63, 3.8) is 0 Å². The fourth-order valence-electron chi connectivity index (χ4n) is 3.60. The number of carbonyl (C=O) groups excluding carboxylic acids is 1. The molecule has 0 radical (unpaired) electrons. The van der Waals surface area contributed by atoms with Gasteiger partial charge >= 0.3 is 0 Å². The van der Waals surface area contributed by atoms with Crippen molar-refractivity contribution >= 4 is 23.5 Å². The molecule has 0 bridgehead atoms. The molecule has 1 aliphatic rings. The first kappa shape index (κ1) is 17.9. The predicted molar refractivity (Wildman–Crippen MR) is 101 cm³/mol. The van der Waals surface area contributed by atoms with E-state index in [0.29, 0.717) is 5.02 Å². The maximum absolute atomic E-state index is 12.4. The molecular formula is C22H17ClN2O. The molecule has 0 N–H and O–H groups in total. The van der Waals surface area contributed by atoms with Gasteiger partial charge in [-0.05, 0) is 23.3 Å². The Hall–Kier alpha value is -2.88. The summed E-state index contributed by atoms with van der Waals surface area (Å²) in [4.78, 5) is 12.4. The van der Waals surface area contributed by atoms with Crippen LogP contribution in [0.15, 0.2) is 60.7 Å². The number of halogens is 1. The molecule has 0 unspecified atom stereocenters. The summed E-state index contributed by atoms with van der Waals surface area (Å²) in [5.74, 6) is -0.912. The highest BCUT2D eigenvalue weighted by Crippen LogP contribution is 2.50. The van der Waals surface area contributed by atoms with E-state index in [1.165, 1.54) is 0 Å². The van der Waals surface area contributed by atoms with Gasteiger partial charge < -0.3 is 0 Å². The molecule has 1 fully saturated rings. The van der Waals surface area contributed by atoms with E-state index in [1.54, 1.807) is 18.2 Å². The molecule has 0 aliphatic heterocycles. The number of nitriles is 2. The van der Waals surface area contributed by atoms with Gasteiger partial charge in [0.2, 0.25) is 0 Å². The number of benzene rings is 2. The first-order valence-electron chi connectivity index (χ1n) is 8.42. The van der Waals surface area contributed by atoms with Gasteiger partial charge in [0.25, 0.3) is 0 Å². The Bertz CT molecular complexity index is 907. The van der Waals surface area contributed by atoms with E-state index in [9.17, 15) is 15.3 Å². The molecule has 0 aromatic heterocycles. The molecule has 2 aromatic carbocycles. The Kier molecular flexibility index (Phi) is 5.21. The largest absolute Gasteiger partial charge is 0.300 e. The van der Waals surface area contributed by atoms with Crippen molar-refractivity contribution in [3.8, 4) is 12.1 Å². The molecule has 0 amide bonds. The second-order valence-corrected chi connectivity index (χ2v) is 6.96. The van der Waals surface area contributed by atoms with Crippen LogP contribution in [0.2, 0.25) is 5.02 Å². The van der Waals surface area contributed by atoms with Crippen LogP contribution in [-0.4, -0.2) is 5.78 Å². The predicted octanol–water partition coefficient (Wildman–Crippen LogP) is 5.15. The SMILES string of the molecule is N#CC1(C#N)[C@H](/C=C/c2ccccc2)CC(=O)C[C@H]1c1cccc(Cl)c1. The molecular weight excluding hydrogens is 344 g/mol. The fourth-order valence-corrected chi connectivity index (χ4v) is 3.80. The standard InChI is InChI=1S/C22H17ClN2O/c23-19-8-4-7-17(11-19)21-13-20(26)12-18(22(21,14-24)15-25)10-9-16-5-2-1-3-6-16/h1-11,18,21H,12-13H2/b10-9+/t18-,21+/m1/s1. The molecule has 0 saturated heterocycles. The van der Waals surface area contributed by atoms with Crippen molar-refractivity contribution in [2.45, 2.75) is 18.8 Å². The minimum atomic E-state index is -1.30. The van der Waals surface area contributed by atoms with Gasteiger partial charge in [-0.25, -0.2) is 0 Å². The van der Waals surface area contributed by atoms with E-state index in [1.807, 2.05) is 48.6 Å². The molecule has 26 heavy (non-hydrogen) atoms. The summed E-state index contributed by atoms with van der Waals surface area (Å²) in [6.45, 7) is 0. The van der Waals surface area contributed by atoms with Gasteiger partial charge in [-0.2, -0.15) is 10.5 Å². The average Bonchev–Trinajstić information content (AvgIpc) is 2.67. The quantitative estimate of drug-likeness (QED) is 0.760. The van der Waals surface area contributed by atoms with E-state index in [2.05, 4.69) is 12.1 Å². The number of carbonyl (C=O) groups is 1. The van der Waals surface area contributed by atoms with Crippen molar-refractivity contribution in [2.75, 3.05) is 0 Å². The highest BCUT2D eigenvalue weighted by atomic mass is 35.5. The molecule has 0 spiro atoms. The van der Waals surface area contributed by atoms with Gasteiger partial charge in [0, 0.05) is 29.7 Å². The summed E-state index contributed by atoms with van der Waals surface area (Å²) in [7, 11) is 0. The number of rotatable bonds is 3. The van der Waals surface area contributed by atoms with Crippen LogP contribution < -0.4 is 0 Å². The minimum absolute atomic E-state index is 0.0545. The highest BCUT2D eigenvalue weighted by molar-refractivity contribution is 6.30. The summed E-state index contributed by atoms with van der Waals surface area (Å²) >= 11 is 6.09. The van der Waals surface area contributed by atoms with Crippen LogP contribution in [0.4, 0.5) is 0 Å². The molecule has 3 nitrogen and oxygen atoms in total. The lowest BCUT2D eigenvalue weighted by Crippen LogP contribution is -2.40. The molecule has 4 heteroatoms. The van der Waals surface area contributed by atoms with Gasteiger partial charge in [0.15, 0.2) is 5.41 Å². The van der Waals surface area contributed by atoms with Gasteiger partial charge in [0.1, 0.15) is 5.78 Å². The topological polar surface area (TPSA) is 64.7 Å². The molecule has 1 saturated carbocycles. The number of hydrogen-bond acceptors (Lipinski definition) is 3. The van der Waals surface area contributed by atoms with Crippen LogP contribution in [0, 0.1) is 34.0 Å². The van der Waals surface area contributed by atoms with Crippen molar-refractivity contribution in [1.29, 1.82) is 10.5 Å². The molecule has 1 aliphatic carbocycles. The van der Waals surface area contributed by atoms with Gasteiger partial charge in [-0.1, -0.05) is 66.2 Å². The molecule has 0 heterocycles. The third kappa shape index (κ3) is 3.40. The van der Waals surface area contributed by atoms with Crippen molar-refractivity contribution < 1.29 is 4.79 Å². The number of Topliss-reactive ketones (excluding diaryl/α,β-unsaturated/α-hetero) is 1. The van der Waals surface area contributed by atoms with Crippen LogP contribution in [0.25, 0.3) is 6.08 Å². The zero-order valence-corrected chi connectivity index (χ0v) is 14.9. The van der Waals surface area contributed by atoms with Crippen LogP contribution in [0.3, 0.4) is 0 Å². The second-order valence-electron chi connectivity index (χ2n) is 6.52. The Balaban J connectivity index is 2.03.